The van der Waals surface area contributed by atoms with Gasteiger partial charge >= 0.3 is 0 Å². The number of carbonyl (C=O) groups excluding carboxylic acids is 1. The lowest BCUT2D eigenvalue weighted by molar-refractivity contribution is -0.131. The maximum Gasteiger partial charge on any atom is 0.227 e. The third-order valence-electron chi connectivity index (χ3n) is 5.38. The Kier molecular flexibility index (Phi) is 6.23. The quantitative estimate of drug-likeness (QED) is 0.577. The number of benzene rings is 1. The number of carbonyl (C=O) groups is 1. The van der Waals surface area contributed by atoms with Crippen molar-refractivity contribution in [3.63, 3.8) is 0 Å². The summed E-state index contributed by atoms with van der Waals surface area (Å²) in [4.78, 5) is 23.3. The van der Waals surface area contributed by atoms with E-state index in [9.17, 15) is 4.79 Å². The zero-order chi connectivity index (χ0) is 20.8. The summed E-state index contributed by atoms with van der Waals surface area (Å²) in [6, 6.07) is 14.1. The van der Waals surface area contributed by atoms with Crippen molar-refractivity contribution in [3.05, 3.63) is 96.0 Å². The van der Waals surface area contributed by atoms with Crippen molar-refractivity contribution in [2.75, 3.05) is 6.54 Å². The Morgan fingerprint density at radius 2 is 1.97 bits per heavy atom. The summed E-state index contributed by atoms with van der Waals surface area (Å²) in [5, 5.41) is 1.12. The highest BCUT2D eigenvalue weighted by molar-refractivity contribution is 5.94. The summed E-state index contributed by atoms with van der Waals surface area (Å²) in [5.74, 6) is 0.133. The number of aromatic amines is 1. The zero-order valence-electron chi connectivity index (χ0n) is 17.3. The van der Waals surface area contributed by atoms with Gasteiger partial charge in [-0.3, -0.25) is 9.78 Å². The number of fused-ring (bicyclic) bond motifs is 1. The lowest BCUT2D eigenvalue weighted by Gasteiger charge is -2.22. The summed E-state index contributed by atoms with van der Waals surface area (Å²) in [6.07, 6.45) is 14.3. The second-order valence-corrected chi connectivity index (χ2v) is 7.55. The van der Waals surface area contributed by atoms with Crippen molar-refractivity contribution < 1.29 is 4.79 Å². The molecule has 1 aromatic carbocycles. The second-order valence-electron chi connectivity index (χ2n) is 7.55. The molecule has 1 aliphatic carbocycles. The van der Waals surface area contributed by atoms with E-state index in [0.29, 0.717) is 13.0 Å². The fourth-order valence-corrected chi connectivity index (χ4v) is 3.93. The van der Waals surface area contributed by atoms with Crippen LogP contribution in [-0.4, -0.2) is 27.3 Å². The Labute approximate surface area is 177 Å². The molecular formula is C26H27N3O. The van der Waals surface area contributed by atoms with Crippen molar-refractivity contribution in [1.29, 1.82) is 0 Å². The van der Waals surface area contributed by atoms with Gasteiger partial charge in [0.15, 0.2) is 0 Å². The molecule has 0 atom stereocenters. The molecule has 3 aromatic rings. The fraction of sp³-hybridized carbons (Fsp3) is 0.231. The SMILES string of the molecule is CCCN(Cc1ccccn1)C(=O)Cc1c(C2=CC=CC=CC2)[nH]c2ccccc12. The predicted molar refractivity (Wildman–Crippen MR) is 123 cm³/mol. The molecule has 2 heterocycles. The van der Waals surface area contributed by atoms with E-state index in [0.717, 1.165) is 47.2 Å². The van der Waals surface area contributed by atoms with Crippen molar-refractivity contribution in [2.24, 2.45) is 0 Å². The molecule has 0 radical (unpaired) electrons. The highest BCUT2D eigenvalue weighted by atomic mass is 16.2. The van der Waals surface area contributed by atoms with Gasteiger partial charge in [0, 0.05) is 29.3 Å². The number of hydrogen-bond acceptors (Lipinski definition) is 2. The standard InChI is InChI=1S/C26H27N3O/c1-2-17-29(19-21-13-9-10-16-27-21)25(30)18-23-22-14-7-8-15-24(22)28-26(23)20-11-5-3-4-6-12-20/h3-11,13-16,28H,2,12,17-19H2,1H3. The van der Waals surface area contributed by atoms with E-state index >= 15 is 0 Å². The predicted octanol–water partition coefficient (Wildman–Crippen LogP) is 5.44. The molecule has 1 N–H and O–H groups in total. The van der Waals surface area contributed by atoms with E-state index in [1.54, 1.807) is 6.20 Å². The fourth-order valence-electron chi connectivity index (χ4n) is 3.93. The summed E-state index contributed by atoms with van der Waals surface area (Å²) in [6.45, 7) is 3.37. The van der Waals surface area contributed by atoms with E-state index in [4.69, 9.17) is 0 Å². The largest absolute Gasteiger partial charge is 0.355 e. The van der Waals surface area contributed by atoms with E-state index in [2.05, 4.69) is 53.3 Å². The van der Waals surface area contributed by atoms with E-state index in [-0.39, 0.29) is 5.91 Å². The van der Waals surface area contributed by atoms with Gasteiger partial charge in [-0.15, -0.1) is 0 Å². The Morgan fingerprint density at radius 3 is 2.80 bits per heavy atom. The van der Waals surface area contributed by atoms with Crippen LogP contribution < -0.4 is 0 Å². The Balaban J connectivity index is 1.67. The van der Waals surface area contributed by atoms with Gasteiger partial charge in [0.05, 0.1) is 18.7 Å². The smallest absolute Gasteiger partial charge is 0.227 e. The van der Waals surface area contributed by atoms with Gasteiger partial charge in [-0.2, -0.15) is 0 Å². The number of aromatic nitrogens is 2. The first-order chi connectivity index (χ1) is 14.8. The van der Waals surface area contributed by atoms with Gasteiger partial charge in [0.2, 0.25) is 5.91 Å². The van der Waals surface area contributed by atoms with Crippen molar-refractivity contribution in [2.45, 2.75) is 32.7 Å². The number of nitrogens with one attached hydrogen (secondary N) is 1. The van der Waals surface area contributed by atoms with Gasteiger partial charge in [-0.1, -0.05) is 61.6 Å². The minimum Gasteiger partial charge on any atom is -0.355 e. The molecule has 30 heavy (non-hydrogen) atoms. The first-order valence-electron chi connectivity index (χ1n) is 10.6. The molecule has 152 valence electrons. The highest BCUT2D eigenvalue weighted by Gasteiger charge is 2.21. The van der Waals surface area contributed by atoms with Gasteiger partial charge in [0.25, 0.3) is 0 Å². The molecule has 4 heteroatoms. The molecule has 0 bridgehead atoms. The molecule has 0 unspecified atom stereocenters. The summed E-state index contributed by atoms with van der Waals surface area (Å²) in [5.41, 5.74) is 5.33. The highest BCUT2D eigenvalue weighted by Crippen LogP contribution is 2.31. The van der Waals surface area contributed by atoms with Crippen LogP contribution in [0.3, 0.4) is 0 Å². The van der Waals surface area contributed by atoms with Crippen LogP contribution in [0.1, 0.15) is 36.7 Å². The molecule has 4 nitrogen and oxygen atoms in total. The first-order valence-corrected chi connectivity index (χ1v) is 10.6. The number of hydrogen-bond donors (Lipinski definition) is 1. The molecule has 0 saturated carbocycles. The van der Waals surface area contributed by atoms with Gasteiger partial charge in [0.1, 0.15) is 0 Å². The summed E-state index contributed by atoms with van der Waals surface area (Å²) >= 11 is 0. The van der Waals surface area contributed by atoms with Crippen LogP contribution in [0.4, 0.5) is 0 Å². The topological polar surface area (TPSA) is 49.0 Å². The lowest BCUT2D eigenvalue weighted by Crippen LogP contribution is -2.33. The third-order valence-corrected chi connectivity index (χ3v) is 5.38. The van der Waals surface area contributed by atoms with Crippen LogP contribution >= 0.6 is 0 Å². The maximum absolute atomic E-state index is 13.4. The number of pyridine rings is 1. The maximum atomic E-state index is 13.4. The van der Waals surface area contributed by atoms with Crippen LogP contribution in [0.15, 0.2) is 79.0 Å². The molecule has 1 aliphatic rings. The molecule has 0 aliphatic heterocycles. The molecule has 2 aromatic heterocycles. The normalized spacial score (nSPS) is 13.3. The van der Waals surface area contributed by atoms with Crippen LogP contribution in [0.2, 0.25) is 0 Å². The molecule has 0 saturated heterocycles. The number of amides is 1. The lowest BCUT2D eigenvalue weighted by atomic mass is 10.00. The van der Waals surface area contributed by atoms with Crippen LogP contribution in [0.25, 0.3) is 16.5 Å². The average Bonchev–Trinajstić information content (AvgIpc) is 2.94. The van der Waals surface area contributed by atoms with Crippen LogP contribution in [-0.2, 0) is 17.8 Å². The Bertz CT molecular complexity index is 1110. The van der Waals surface area contributed by atoms with Gasteiger partial charge in [-0.25, -0.2) is 0 Å². The van der Waals surface area contributed by atoms with E-state index in [1.165, 1.54) is 5.57 Å². The number of rotatable bonds is 7. The summed E-state index contributed by atoms with van der Waals surface area (Å²) < 4.78 is 0. The minimum atomic E-state index is 0.133. The number of nitrogens with zero attached hydrogens (tertiary/aromatic N) is 2. The van der Waals surface area contributed by atoms with E-state index in [1.807, 2.05) is 41.3 Å². The second kappa shape index (κ2) is 9.40. The van der Waals surface area contributed by atoms with Gasteiger partial charge in [-0.05, 0) is 42.2 Å². The Morgan fingerprint density at radius 1 is 1.10 bits per heavy atom. The molecule has 1 amide bonds. The number of allylic oxidation sites excluding steroid dienone is 6. The van der Waals surface area contributed by atoms with Crippen molar-refractivity contribution in [1.82, 2.24) is 14.9 Å². The van der Waals surface area contributed by atoms with Gasteiger partial charge < -0.3 is 9.88 Å². The molecule has 4 rings (SSSR count). The van der Waals surface area contributed by atoms with Crippen LogP contribution in [0, 0.1) is 0 Å². The third kappa shape index (κ3) is 4.43. The Hall–Kier alpha value is -3.40. The van der Waals surface area contributed by atoms with Crippen molar-refractivity contribution in [3.8, 4) is 0 Å². The minimum absolute atomic E-state index is 0.133. The summed E-state index contributed by atoms with van der Waals surface area (Å²) in [7, 11) is 0. The zero-order valence-corrected chi connectivity index (χ0v) is 17.3. The van der Waals surface area contributed by atoms with Crippen LogP contribution in [0.5, 0.6) is 0 Å². The van der Waals surface area contributed by atoms with E-state index < -0.39 is 0 Å². The molecule has 0 fully saturated rings. The molecule has 0 spiro atoms. The average molecular weight is 398 g/mol. The van der Waals surface area contributed by atoms with Crippen molar-refractivity contribution >= 4 is 22.4 Å². The first kappa shape index (κ1) is 19.9. The molecular weight excluding hydrogens is 370 g/mol. The number of para-hydroxylation sites is 1. The number of H-pyrrole nitrogens is 1. The monoisotopic (exact) mass is 397 g/mol.